The Bertz CT molecular complexity index is 985. The summed E-state index contributed by atoms with van der Waals surface area (Å²) in [6.07, 6.45) is -0.0814. The molecule has 0 aromatic heterocycles. The molecule has 0 aliphatic heterocycles. The van der Waals surface area contributed by atoms with Crippen LogP contribution in [0.15, 0.2) is 46.5 Å². The molecule has 0 radical (unpaired) electrons. The number of benzene rings is 2. The van der Waals surface area contributed by atoms with Gasteiger partial charge in [0.2, 0.25) is 5.91 Å². The Hall–Kier alpha value is -2.97. The summed E-state index contributed by atoms with van der Waals surface area (Å²) in [6.45, 7) is 1.34. The number of carbonyl (C=O) groups is 2. The summed E-state index contributed by atoms with van der Waals surface area (Å²) in [5, 5.41) is 6.81. The average Bonchev–Trinajstić information content (AvgIpc) is 2.64. The first kappa shape index (κ1) is 23.3. The predicted octanol–water partition coefficient (Wildman–Crippen LogP) is 3.96. The van der Waals surface area contributed by atoms with Crippen molar-refractivity contribution < 1.29 is 18.8 Å². The molecule has 0 aliphatic rings. The molecule has 0 saturated carbocycles. The Morgan fingerprint density at radius 3 is 2.30 bits per heavy atom. The molecule has 0 fully saturated rings. The molecule has 158 valence electrons. The van der Waals surface area contributed by atoms with Gasteiger partial charge in [-0.1, -0.05) is 40.5 Å². The number of halogens is 3. The summed E-state index contributed by atoms with van der Waals surface area (Å²) in [4.78, 5) is 32.1. The number of amidine groups is 1. The van der Waals surface area contributed by atoms with E-state index >= 15 is 0 Å². The molecule has 2 aromatic rings. The molecule has 2 rings (SSSR count). The molecule has 2 aromatic carbocycles. The smallest absolute Gasteiger partial charge is 0.253 e. The fourth-order valence-corrected chi connectivity index (χ4v) is 3.18. The van der Waals surface area contributed by atoms with Crippen LogP contribution in [0, 0.1) is 5.82 Å². The fraction of sp³-hybridized carbons (Fsp3) is 0.200. The average molecular weight is 453 g/mol. The lowest BCUT2D eigenvalue weighted by Gasteiger charge is -2.10. The number of nitrogens with zero attached hydrogens (tertiary/aromatic N) is 2. The summed E-state index contributed by atoms with van der Waals surface area (Å²) < 4.78 is 13.1. The number of oxime groups is 1. The quantitative estimate of drug-likeness (QED) is 0.376. The minimum absolute atomic E-state index is 0.0373. The van der Waals surface area contributed by atoms with Crippen molar-refractivity contribution in [3.8, 4) is 0 Å². The fourth-order valence-electron chi connectivity index (χ4n) is 2.55. The van der Waals surface area contributed by atoms with Crippen molar-refractivity contribution in [1.29, 1.82) is 0 Å². The molecule has 7 nitrogen and oxygen atoms in total. The highest BCUT2D eigenvalue weighted by Crippen LogP contribution is 2.32. The molecule has 0 saturated heterocycles. The zero-order valence-electron chi connectivity index (χ0n) is 16.2. The molecule has 30 heavy (non-hydrogen) atoms. The van der Waals surface area contributed by atoms with E-state index in [9.17, 15) is 14.0 Å². The van der Waals surface area contributed by atoms with Crippen LogP contribution in [0.5, 0.6) is 0 Å². The van der Waals surface area contributed by atoms with E-state index in [1.807, 2.05) is 0 Å². The highest BCUT2D eigenvalue weighted by atomic mass is 35.5. The molecule has 0 bridgehead atoms. The van der Waals surface area contributed by atoms with Crippen molar-refractivity contribution in [2.24, 2.45) is 15.9 Å². The second-order valence-corrected chi connectivity index (χ2v) is 7.01. The van der Waals surface area contributed by atoms with E-state index in [1.165, 1.54) is 38.3 Å². The lowest BCUT2D eigenvalue weighted by Crippen LogP contribution is -2.19. The van der Waals surface area contributed by atoms with Crippen LogP contribution >= 0.6 is 23.2 Å². The maximum Gasteiger partial charge on any atom is 0.253 e. The van der Waals surface area contributed by atoms with Gasteiger partial charge >= 0.3 is 0 Å². The molecule has 0 spiro atoms. The van der Waals surface area contributed by atoms with Gasteiger partial charge in [-0.15, -0.1) is 0 Å². The molecular weight excluding hydrogens is 434 g/mol. The van der Waals surface area contributed by atoms with E-state index in [0.717, 1.165) is 0 Å². The number of carbonyl (C=O) groups excluding carboxylic acids is 2. The van der Waals surface area contributed by atoms with Crippen molar-refractivity contribution in [2.75, 3.05) is 12.4 Å². The second-order valence-electron chi connectivity index (χ2n) is 6.19. The van der Waals surface area contributed by atoms with Gasteiger partial charge in [-0.25, -0.2) is 9.38 Å². The normalized spacial score (nSPS) is 11.9. The van der Waals surface area contributed by atoms with E-state index < -0.39 is 11.7 Å². The van der Waals surface area contributed by atoms with Crippen LogP contribution in [0.3, 0.4) is 0 Å². The zero-order valence-corrected chi connectivity index (χ0v) is 17.7. The van der Waals surface area contributed by atoms with Gasteiger partial charge in [-0.3, -0.25) is 9.59 Å². The first-order valence-electron chi connectivity index (χ1n) is 8.67. The maximum absolute atomic E-state index is 13.1. The van der Waals surface area contributed by atoms with Crippen molar-refractivity contribution in [2.45, 2.75) is 19.8 Å². The number of amides is 2. The van der Waals surface area contributed by atoms with Gasteiger partial charge in [0, 0.05) is 18.9 Å². The Morgan fingerprint density at radius 2 is 1.77 bits per heavy atom. The summed E-state index contributed by atoms with van der Waals surface area (Å²) in [7, 11) is 1.34. The number of nitrogens with two attached hydrogens (primary N) is 1. The number of anilines is 1. The van der Waals surface area contributed by atoms with Gasteiger partial charge < -0.3 is 15.9 Å². The standard InChI is InChI=1S/C20H19Cl2FN4O3/c1-11(28)25-20-15(21)7-12(8-16(20)22)9-18(24)26-19(29)10-17(27-30-2)13-3-5-14(23)6-4-13/h3-8H,9-10H2,1-2H3,(H,25,28)(H2,24,26,29). The molecule has 0 heterocycles. The van der Waals surface area contributed by atoms with Crippen LogP contribution in [0.4, 0.5) is 10.1 Å². The van der Waals surface area contributed by atoms with Crippen LogP contribution in [0.1, 0.15) is 24.5 Å². The lowest BCUT2D eigenvalue weighted by molar-refractivity contribution is -0.116. The van der Waals surface area contributed by atoms with E-state index in [1.54, 1.807) is 12.1 Å². The van der Waals surface area contributed by atoms with Crippen LogP contribution in [0.2, 0.25) is 10.0 Å². The Balaban J connectivity index is 2.12. The Morgan fingerprint density at radius 1 is 1.17 bits per heavy atom. The number of aliphatic imine (C=N–C) groups is 1. The van der Waals surface area contributed by atoms with E-state index in [-0.39, 0.29) is 40.3 Å². The summed E-state index contributed by atoms with van der Waals surface area (Å²) in [6, 6.07) is 8.60. The molecule has 3 N–H and O–H groups in total. The first-order valence-corrected chi connectivity index (χ1v) is 9.42. The van der Waals surface area contributed by atoms with Gasteiger partial charge in [0.25, 0.3) is 5.91 Å². The highest BCUT2D eigenvalue weighted by molar-refractivity contribution is 6.39. The molecule has 10 heteroatoms. The van der Waals surface area contributed by atoms with Crippen molar-refractivity contribution in [3.63, 3.8) is 0 Å². The van der Waals surface area contributed by atoms with Gasteiger partial charge in [-0.05, 0) is 29.8 Å². The Kier molecular flexibility index (Phi) is 8.32. The maximum atomic E-state index is 13.1. The third-order valence-corrected chi connectivity index (χ3v) is 4.35. The van der Waals surface area contributed by atoms with Crippen molar-refractivity contribution in [1.82, 2.24) is 0 Å². The Labute approximate surface area is 182 Å². The predicted molar refractivity (Wildman–Crippen MR) is 116 cm³/mol. The van der Waals surface area contributed by atoms with Gasteiger partial charge in [-0.2, -0.15) is 0 Å². The number of hydrogen-bond donors (Lipinski definition) is 2. The van der Waals surface area contributed by atoms with Crippen molar-refractivity contribution in [3.05, 3.63) is 63.4 Å². The topological polar surface area (TPSA) is 106 Å². The molecule has 0 unspecified atom stereocenters. The SMILES string of the molecule is CON=C(CC(=O)N=C(N)Cc1cc(Cl)c(NC(C)=O)c(Cl)c1)c1ccc(F)cc1. The van der Waals surface area contributed by atoms with E-state index in [0.29, 0.717) is 16.8 Å². The van der Waals surface area contributed by atoms with Crippen LogP contribution in [-0.2, 0) is 20.8 Å². The third kappa shape index (κ3) is 6.82. The minimum Gasteiger partial charge on any atom is -0.399 e. The molecule has 0 aliphatic carbocycles. The highest BCUT2D eigenvalue weighted by Gasteiger charge is 2.13. The summed E-state index contributed by atoms with van der Waals surface area (Å²) in [5.74, 6) is -1.24. The lowest BCUT2D eigenvalue weighted by atomic mass is 10.1. The van der Waals surface area contributed by atoms with E-state index in [4.69, 9.17) is 33.8 Å². The molecule has 2 amide bonds. The van der Waals surface area contributed by atoms with Crippen molar-refractivity contribution >= 4 is 52.3 Å². The number of hydrogen-bond acceptors (Lipinski definition) is 4. The molecular formula is C20H19Cl2FN4O3. The minimum atomic E-state index is -0.556. The summed E-state index contributed by atoms with van der Waals surface area (Å²) >= 11 is 12.3. The number of nitrogens with one attached hydrogen (secondary N) is 1. The van der Waals surface area contributed by atoms with E-state index in [2.05, 4.69) is 15.5 Å². The number of rotatable bonds is 7. The van der Waals surface area contributed by atoms with Crippen LogP contribution in [0.25, 0.3) is 0 Å². The van der Waals surface area contributed by atoms with Gasteiger partial charge in [0.05, 0.1) is 27.9 Å². The first-order chi connectivity index (χ1) is 14.2. The second kappa shape index (κ2) is 10.7. The van der Waals surface area contributed by atoms with Gasteiger partial charge in [0.1, 0.15) is 18.8 Å². The monoisotopic (exact) mass is 452 g/mol. The summed E-state index contributed by atoms with van der Waals surface area (Å²) in [5.41, 5.74) is 7.59. The van der Waals surface area contributed by atoms with Gasteiger partial charge in [0.15, 0.2) is 0 Å². The zero-order chi connectivity index (χ0) is 22.3. The van der Waals surface area contributed by atoms with Crippen LogP contribution < -0.4 is 11.1 Å². The van der Waals surface area contributed by atoms with Crippen LogP contribution in [-0.4, -0.2) is 30.5 Å². The third-order valence-electron chi connectivity index (χ3n) is 3.75. The molecule has 0 atom stereocenters. The largest absolute Gasteiger partial charge is 0.399 e.